The lowest BCUT2D eigenvalue weighted by atomic mass is 10.1. The molecule has 3 aromatic carbocycles. The SMILES string of the molecule is Cc1ccccc1O[C@H]1C[C@@H](C(=O)NCc2cc(C(=N)N)cs2)N(C(=O)CNC(=O)c2ccc(Oc3ccccc3)cc2)C1. The molecule has 10 nitrogen and oxygen atoms in total. The van der Waals surface area contributed by atoms with Gasteiger partial charge in [-0.15, -0.1) is 11.3 Å². The Kier molecular flexibility index (Phi) is 9.56. The fraction of sp³-hybridized carbons (Fsp3) is 0.212. The number of amidine groups is 1. The van der Waals surface area contributed by atoms with Crippen LogP contribution in [0, 0.1) is 12.3 Å². The molecule has 0 radical (unpaired) electrons. The van der Waals surface area contributed by atoms with Crippen LogP contribution in [0.1, 0.15) is 32.8 Å². The van der Waals surface area contributed by atoms with Crippen LogP contribution in [-0.2, 0) is 16.1 Å². The van der Waals surface area contributed by atoms with Gasteiger partial charge in [0.15, 0.2) is 0 Å². The highest BCUT2D eigenvalue weighted by Gasteiger charge is 2.40. The van der Waals surface area contributed by atoms with Gasteiger partial charge in [-0.25, -0.2) is 0 Å². The Morgan fingerprint density at radius 2 is 1.66 bits per heavy atom. The summed E-state index contributed by atoms with van der Waals surface area (Å²) in [4.78, 5) is 41.9. The molecule has 1 saturated heterocycles. The molecule has 0 unspecified atom stereocenters. The molecule has 0 spiro atoms. The van der Waals surface area contributed by atoms with Crippen LogP contribution in [0.3, 0.4) is 0 Å². The molecule has 1 aliphatic rings. The summed E-state index contributed by atoms with van der Waals surface area (Å²) in [6, 6.07) is 24.5. The lowest BCUT2D eigenvalue weighted by Crippen LogP contribution is -2.48. The number of thiophene rings is 1. The number of carbonyl (C=O) groups excluding carboxylic acids is 3. The maximum atomic E-state index is 13.4. The fourth-order valence-electron chi connectivity index (χ4n) is 4.84. The van der Waals surface area contributed by atoms with Crippen LogP contribution < -0.4 is 25.8 Å². The monoisotopic (exact) mass is 611 g/mol. The van der Waals surface area contributed by atoms with E-state index in [-0.39, 0.29) is 31.4 Å². The van der Waals surface area contributed by atoms with E-state index in [1.807, 2.05) is 61.5 Å². The summed E-state index contributed by atoms with van der Waals surface area (Å²) in [5.74, 6) is 0.766. The molecule has 5 N–H and O–H groups in total. The van der Waals surface area contributed by atoms with Crippen molar-refractivity contribution in [3.05, 3.63) is 112 Å². The summed E-state index contributed by atoms with van der Waals surface area (Å²) in [6.07, 6.45) is -0.110. The molecule has 4 aromatic rings. The van der Waals surface area contributed by atoms with Crippen molar-refractivity contribution < 1.29 is 23.9 Å². The number of ether oxygens (including phenoxy) is 2. The Hall–Kier alpha value is -5.16. The molecule has 1 aliphatic heterocycles. The number of para-hydroxylation sites is 2. The van der Waals surface area contributed by atoms with Crippen molar-refractivity contribution in [3.63, 3.8) is 0 Å². The van der Waals surface area contributed by atoms with Gasteiger partial charge in [-0.05, 0) is 61.0 Å². The number of nitrogens with zero attached hydrogens (tertiary/aromatic N) is 1. The summed E-state index contributed by atoms with van der Waals surface area (Å²) in [6.45, 7) is 2.08. The van der Waals surface area contributed by atoms with E-state index in [9.17, 15) is 14.4 Å². The van der Waals surface area contributed by atoms with Crippen molar-refractivity contribution in [2.24, 2.45) is 5.73 Å². The van der Waals surface area contributed by atoms with Crippen LogP contribution in [0.2, 0.25) is 0 Å². The second kappa shape index (κ2) is 13.9. The van der Waals surface area contributed by atoms with E-state index in [0.29, 0.717) is 34.8 Å². The highest BCUT2D eigenvalue weighted by Crippen LogP contribution is 2.26. The van der Waals surface area contributed by atoms with E-state index in [4.69, 9.17) is 20.6 Å². The molecule has 1 aromatic heterocycles. The predicted octanol–water partition coefficient (Wildman–Crippen LogP) is 4.23. The Bertz CT molecular complexity index is 1640. The van der Waals surface area contributed by atoms with Crippen molar-refractivity contribution in [2.45, 2.75) is 32.0 Å². The van der Waals surface area contributed by atoms with E-state index in [0.717, 1.165) is 10.4 Å². The standard InChI is InChI=1S/C33H33N5O5S/c1-21-7-5-6-10-29(21)43-26-16-28(33(41)36-17-27-15-23(20-44-27)31(34)35)38(19-26)30(39)18-37-32(40)22-11-13-25(14-12-22)42-24-8-3-2-4-9-24/h2-15,20,26,28H,16-19H2,1H3,(H3,34,35)(H,36,41)(H,37,40)/t26-,28-/m0/s1. The Morgan fingerprint density at radius 1 is 0.955 bits per heavy atom. The summed E-state index contributed by atoms with van der Waals surface area (Å²) in [5, 5.41) is 14.9. The van der Waals surface area contributed by atoms with E-state index in [2.05, 4.69) is 10.6 Å². The van der Waals surface area contributed by atoms with Crippen LogP contribution in [0.4, 0.5) is 0 Å². The molecule has 3 amide bonds. The summed E-state index contributed by atoms with van der Waals surface area (Å²) in [5.41, 5.74) is 7.47. The van der Waals surface area contributed by atoms with Gasteiger partial charge in [-0.3, -0.25) is 19.8 Å². The number of nitrogen functional groups attached to an aromatic ring is 1. The number of benzene rings is 3. The van der Waals surface area contributed by atoms with Crippen LogP contribution in [0.25, 0.3) is 0 Å². The molecule has 0 saturated carbocycles. The van der Waals surface area contributed by atoms with E-state index in [1.54, 1.807) is 35.7 Å². The van der Waals surface area contributed by atoms with E-state index < -0.39 is 24.0 Å². The first-order valence-corrected chi connectivity index (χ1v) is 15.0. The Labute approximate surface area is 259 Å². The number of nitrogens with two attached hydrogens (primary N) is 1. The second-order valence-electron chi connectivity index (χ2n) is 10.4. The van der Waals surface area contributed by atoms with Crippen molar-refractivity contribution >= 4 is 34.9 Å². The van der Waals surface area contributed by atoms with Crippen LogP contribution in [0.15, 0.2) is 90.3 Å². The van der Waals surface area contributed by atoms with E-state index >= 15 is 0 Å². The van der Waals surface area contributed by atoms with Crippen molar-refractivity contribution in [1.29, 1.82) is 5.41 Å². The smallest absolute Gasteiger partial charge is 0.251 e. The number of hydrogen-bond donors (Lipinski definition) is 4. The van der Waals surface area contributed by atoms with Crippen molar-refractivity contribution in [2.75, 3.05) is 13.1 Å². The molecule has 0 bridgehead atoms. The third-order valence-corrected chi connectivity index (χ3v) is 8.11. The molecule has 2 heterocycles. The number of rotatable bonds is 11. The van der Waals surface area contributed by atoms with Gasteiger partial charge in [-0.2, -0.15) is 0 Å². The average Bonchev–Trinajstić information content (AvgIpc) is 3.69. The quantitative estimate of drug-likeness (QED) is 0.148. The predicted molar refractivity (Wildman–Crippen MR) is 168 cm³/mol. The highest BCUT2D eigenvalue weighted by atomic mass is 32.1. The van der Waals surface area contributed by atoms with Gasteiger partial charge < -0.3 is 30.7 Å². The number of hydrogen-bond acceptors (Lipinski definition) is 7. The summed E-state index contributed by atoms with van der Waals surface area (Å²) in [7, 11) is 0. The number of likely N-dealkylation sites (tertiary alicyclic amines) is 1. The van der Waals surface area contributed by atoms with Gasteiger partial charge in [0, 0.05) is 27.8 Å². The molecule has 0 aliphatic carbocycles. The van der Waals surface area contributed by atoms with Crippen molar-refractivity contribution in [3.8, 4) is 17.2 Å². The number of carbonyl (C=O) groups is 3. The molecule has 44 heavy (non-hydrogen) atoms. The zero-order chi connectivity index (χ0) is 31.1. The Balaban J connectivity index is 1.21. The minimum atomic E-state index is -0.782. The molecule has 11 heteroatoms. The van der Waals surface area contributed by atoms with Gasteiger partial charge >= 0.3 is 0 Å². The highest BCUT2D eigenvalue weighted by molar-refractivity contribution is 7.10. The zero-order valence-electron chi connectivity index (χ0n) is 24.1. The summed E-state index contributed by atoms with van der Waals surface area (Å²) >= 11 is 1.39. The molecule has 2 atom stereocenters. The van der Waals surface area contributed by atoms with Gasteiger partial charge in [-0.1, -0.05) is 36.4 Å². The molecule has 5 rings (SSSR count). The number of amides is 3. The van der Waals surface area contributed by atoms with Gasteiger partial charge in [0.1, 0.15) is 35.2 Å². The first-order valence-electron chi connectivity index (χ1n) is 14.1. The second-order valence-corrected chi connectivity index (χ2v) is 11.4. The maximum Gasteiger partial charge on any atom is 0.251 e. The normalized spacial score (nSPS) is 15.8. The van der Waals surface area contributed by atoms with Crippen LogP contribution in [-0.4, -0.2) is 53.7 Å². The van der Waals surface area contributed by atoms with Crippen molar-refractivity contribution in [1.82, 2.24) is 15.5 Å². The first kappa shape index (κ1) is 30.3. The van der Waals surface area contributed by atoms with Gasteiger partial charge in [0.05, 0.1) is 19.6 Å². The zero-order valence-corrected chi connectivity index (χ0v) is 24.9. The van der Waals surface area contributed by atoms with Crippen LogP contribution >= 0.6 is 11.3 Å². The lowest BCUT2D eigenvalue weighted by molar-refractivity contribution is -0.137. The molecule has 226 valence electrons. The van der Waals surface area contributed by atoms with Crippen LogP contribution in [0.5, 0.6) is 17.2 Å². The average molecular weight is 612 g/mol. The van der Waals surface area contributed by atoms with Gasteiger partial charge in [0.25, 0.3) is 5.91 Å². The largest absolute Gasteiger partial charge is 0.488 e. The maximum absolute atomic E-state index is 13.4. The number of nitrogens with one attached hydrogen (secondary N) is 3. The Morgan fingerprint density at radius 3 is 2.36 bits per heavy atom. The third-order valence-electron chi connectivity index (χ3n) is 7.17. The first-order chi connectivity index (χ1) is 21.3. The molecular weight excluding hydrogens is 578 g/mol. The molecular formula is C33H33N5O5S. The topological polar surface area (TPSA) is 147 Å². The minimum absolute atomic E-state index is 0.0407. The molecule has 1 fully saturated rings. The number of aryl methyl sites for hydroxylation is 1. The summed E-state index contributed by atoms with van der Waals surface area (Å²) < 4.78 is 12.0. The van der Waals surface area contributed by atoms with E-state index in [1.165, 1.54) is 16.2 Å². The fourth-order valence-corrected chi connectivity index (χ4v) is 5.66. The van der Waals surface area contributed by atoms with Gasteiger partial charge in [0.2, 0.25) is 11.8 Å². The lowest BCUT2D eigenvalue weighted by Gasteiger charge is -2.23. The third kappa shape index (κ3) is 7.61. The minimum Gasteiger partial charge on any atom is -0.488 e.